The van der Waals surface area contributed by atoms with E-state index in [1.807, 2.05) is 0 Å². The third-order valence-corrected chi connectivity index (χ3v) is 3.67. The number of rotatable bonds is 4. The Bertz CT molecular complexity index is 401. The van der Waals surface area contributed by atoms with Crippen LogP contribution in [0.2, 0.25) is 0 Å². The molecule has 1 aromatic rings. The number of nitrogens with two attached hydrogens (primary N) is 1. The van der Waals surface area contributed by atoms with E-state index in [9.17, 15) is 0 Å². The summed E-state index contributed by atoms with van der Waals surface area (Å²) in [5, 5.41) is 3.42. The average molecular weight is 250 g/mol. The van der Waals surface area contributed by atoms with E-state index < -0.39 is 0 Å². The van der Waals surface area contributed by atoms with Gasteiger partial charge in [0.25, 0.3) is 0 Å². The minimum atomic E-state index is 0.340. The van der Waals surface area contributed by atoms with Crippen molar-refractivity contribution in [2.45, 2.75) is 38.6 Å². The van der Waals surface area contributed by atoms with Crippen molar-refractivity contribution in [1.29, 1.82) is 0 Å². The molecule has 2 rings (SSSR count). The second kappa shape index (κ2) is 5.40. The van der Waals surface area contributed by atoms with Gasteiger partial charge in [0, 0.05) is 12.2 Å². The highest BCUT2D eigenvalue weighted by Crippen LogP contribution is 2.29. The lowest BCUT2D eigenvalue weighted by Gasteiger charge is -2.21. The van der Waals surface area contributed by atoms with Crippen LogP contribution in [0.4, 0.5) is 5.82 Å². The Hall–Kier alpha value is -1.23. The summed E-state index contributed by atoms with van der Waals surface area (Å²) in [5.74, 6) is 1.48. The number of hydrogen-bond acceptors (Lipinski definition) is 4. The molecule has 3 N–H and O–H groups in total. The fraction of sp³-hybridized carbons (Fsp3) is 0.583. The van der Waals surface area contributed by atoms with Gasteiger partial charge in [-0.1, -0.05) is 25.1 Å². The van der Waals surface area contributed by atoms with Crippen molar-refractivity contribution in [2.75, 3.05) is 5.32 Å². The predicted octanol–water partition coefficient (Wildman–Crippen LogP) is 2.10. The summed E-state index contributed by atoms with van der Waals surface area (Å²) in [7, 11) is 0. The van der Waals surface area contributed by atoms with Crippen molar-refractivity contribution in [3.8, 4) is 0 Å². The molecular formula is C12H18N4S. The quantitative estimate of drug-likeness (QED) is 0.801. The van der Waals surface area contributed by atoms with Crippen LogP contribution in [0, 0.1) is 5.92 Å². The van der Waals surface area contributed by atoms with E-state index >= 15 is 0 Å². The van der Waals surface area contributed by atoms with Crippen molar-refractivity contribution < 1.29 is 0 Å². The largest absolute Gasteiger partial charge is 0.389 e. The topological polar surface area (TPSA) is 63.8 Å². The normalized spacial score (nSPS) is 17.9. The fourth-order valence-corrected chi connectivity index (χ4v) is 2.57. The molecule has 1 unspecified atom stereocenters. The zero-order valence-electron chi connectivity index (χ0n) is 10.0. The van der Waals surface area contributed by atoms with Gasteiger partial charge < -0.3 is 11.1 Å². The van der Waals surface area contributed by atoms with E-state index in [2.05, 4.69) is 22.2 Å². The first kappa shape index (κ1) is 12.2. The molecule has 1 aromatic heterocycles. The number of aromatic nitrogens is 2. The maximum atomic E-state index is 5.66. The molecule has 0 aromatic carbocycles. The van der Waals surface area contributed by atoms with Crippen molar-refractivity contribution in [1.82, 2.24) is 9.97 Å². The van der Waals surface area contributed by atoms with E-state index in [0.29, 0.717) is 11.0 Å². The molecule has 0 aliphatic heterocycles. The summed E-state index contributed by atoms with van der Waals surface area (Å²) in [6.07, 6.45) is 8.44. The number of thiocarbonyl (C=S) groups is 1. The van der Waals surface area contributed by atoms with Crippen molar-refractivity contribution >= 4 is 23.0 Å². The van der Waals surface area contributed by atoms with Gasteiger partial charge in [-0.25, -0.2) is 9.97 Å². The Kier molecular flexibility index (Phi) is 3.89. The number of anilines is 1. The first-order valence-electron chi connectivity index (χ1n) is 6.05. The Morgan fingerprint density at radius 2 is 2.24 bits per heavy atom. The van der Waals surface area contributed by atoms with Crippen LogP contribution in [0.25, 0.3) is 0 Å². The smallest absolute Gasteiger partial charge is 0.139 e. The van der Waals surface area contributed by atoms with Crippen LogP contribution in [0.15, 0.2) is 12.5 Å². The molecule has 0 saturated heterocycles. The Morgan fingerprint density at radius 3 is 2.88 bits per heavy atom. The number of nitrogens with one attached hydrogen (secondary N) is 1. The summed E-state index contributed by atoms with van der Waals surface area (Å²) < 4.78 is 0. The Labute approximate surface area is 107 Å². The minimum Gasteiger partial charge on any atom is -0.389 e. The van der Waals surface area contributed by atoms with Crippen LogP contribution in [0.5, 0.6) is 0 Å². The molecule has 0 bridgehead atoms. The standard InChI is InChI=1S/C12H18N4S/c1-8(9-4-2-3-5-9)16-12-10(11(13)17)6-14-7-15-12/h6-9H,2-5H2,1H3,(H2,13,17)(H,14,15,16). The maximum Gasteiger partial charge on any atom is 0.139 e. The fourth-order valence-electron chi connectivity index (χ4n) is 2.42. The molecule has 1 atom stereocenters. The highest BCUT2D eigenvalue weighted by molar-refractivity contribution is 7.80. The lowest BCUT2D eigenvalue weighted by molar-refractivity contribution is 0.481. The van der Waals surface area contributed by atoms with Gasteiger partial charge in [0.2, 0.25) is 0 Å². The molecule has 0 spiro atoms. The second-order valence-electron chi connectivity index (χ2n) is 4.63. The molecule has 0 amide bonds. The molecule has 1 aliphatic rings. The lowest BCUT2D eigenvalue weighted by Crippen LogP contribution is -2.26. The molecule has 1 saturated carbocycles. The summed E-state index contributed by atoms with van der Waals surface area (Å²) in [6, 6.07) is 0.403. The third kappa shape index (κ3) is 2.91. The van der Waals surface area contributed by atoms with Crippen LogP contribution < -0.4 is 11.1 Å². The van der Waals surface area contributed by atoms with Crippen molar-refractivity contribution in [2.24, 2.45) is 11.7 Å². The monoisotopic (exact) mass is 250 g/mol. The summed E-state index contributed by atoms with van der Waals surface area (Å²) in [4.78, 5) is 8.51. The molecule has 4 nitrogen and oxygen atoms in total. The van der Waals surface area contributed by atoms with Crippen molar-refractivity contribution in [3.63, 3.8) is 0 Å². The van der Waals surface area contributed by atoms with Gasteiger partial charge in [0.1, 0.15) is 17.1 Å². The molecule has 5 heteroatoms. The molecule has 0 radical (unpaired) electrons. The lowest BCUT2D eigenvalue weighted by atomic mass is 10.00. The van der Waals surface area contributed by atoms with Gasteiger partial charge in [0.15, 0.2) is 0 Å². The van der Waals surface area contributed by atoms with Gasteiger partial charge >= 0.3 is 0 Å². The summed E-state index contributed by atoms with van der Waals surface area (Å²) >= 11 is 4.99. The summed E-state index contributed by atoms with van der Waals surface area (Å²) in [5.41, 5.74) is 6.38. The molecule has 1 heterocycles. The molecular weight excluding hydrogens is 232 g/mol. The molecule has 1 fully saturated rings. The SMILES string of the molecule is CC(Nc1ncncc1C(N)=S)C1CCCC1. The van der Waals surface area contributed by atoms with E-state index in [1.54, 1.807) is 6.20 Å². The average Bonchev–Trinajstić information content (AvgIpc) is 2.83. The molecule has 92 valence electrons. The first-order chi connectivity index (χ1) is 8.18. The van der Waals surface area contributed by atoms with Crippen LogP contribution in [-0.2, 0) is 0 Å². The maximum absolute atomic E-state index is 5.66. The van der Waals surface area contributed by atoms with Gasteiger partial charge in [-0.05, 0) is 25.7 Å². The van der Waals surface area contributed by atoms with Crippen molar-refractivity contribution in [3.05, 3.63) is 18.1 Å². The van der Waals surface area contributed by atoms with Crippen LogP contribution in [0.3, 0.4) is 0 Å². The number of hydrogen-bond donors (Lipinski definition) is 2. The van der Waals surface area contributed by atoms with E-state index in [4.69, 9.17) is 18.0 Å². The highest BCUT2D eigenvalue weighted by atomic mass is 32.1. The Morgan fingerprint density at radius 1 is 1.53 bits per heavy atom. The Balaban J connectivity index is 2.09. The van der Waals surface area contributed by atoms with E-state index in [0.717, 1.165) is 17.3 Å². The van der Waals surface area contributed by atoms with Crippen LogP contribution in [-0.4, -0.2) is 21.0 Å². The third-order valence-electron chi connectivity index (χ3n) is 3.45. The number of nitrogens with zero attached hydrogens (tertiary/aromatic N) is 2. The van der Waals surface area contributed by atoms with Gasteiger partial charge in [0.05, 0.1) is 5.56 Å². The van der Waals surface area contributed by atoms with Gasteiger partial charge in [-0.15, -0.1) is 0 Å². The molecule has 1 aliphatic carbocycles. The van der Waals surface area contributed by atoms with Crippen LogP contribution >= 0.6 is 12.2 Å². The summed E-state index contributed by atoms with van der Waals surface area (Å²) in [6.45, 7) is 2.20. The van der Waals surface area contributed by atoms with Crippen LogP contribution in [0.1, 0.15) is 38.2 Å². The zero-order chi connectivity index (χ0) is 12.3. The van der Waals surface area contributed by atoms with Gasteiger partial charge in [-0.2, -0.15) is 0 Å². The van der Waals surface area contributed by atoms with E-state index in [-0.39, 0.29) is 0 Å². The molecule has 17 heavy (non-hydrogen) atoms. The predicted molar refractivity (Wildman–Crippen MR) is 73.0 cm³/mol. The second-order valence-corrected chi connectivity index (χ2v) is 5.07. The first-order valence-corrected chi connectivity index (χ1v) is 6.45. The minimum absolute atomic E-state index is 0.340. The highest BCUT2D eigenvalue weighted by Gasteiger charge is 2.22. The van der Waals surface area contributed by atoms with E-state index in [1.165, 1.54) is 32.0 Å². The zero-order valence-corrected chi connectivity index (χ0v) is 10.8. The van der Waals surface area contributed by atoms with Gasteiger partial charge in [-0.3, -0.25) is 0 Å².